The Morgan fingerprint density at radius 2 is 2.35 bits per heavy atom. The van der Waals surface area contributed by atoms with E-state index in [4.69, 9.17) is 9.47 Å². The summed E-state index contributed by atoms with van der Waals surface area (Å²) in [5.41, 5.74) is 1.44. The smallest absolute Gasteiger partial charge is 0.0876 e. The quantitative estimate of drug-likeness (QED) is 0.772. The van der Waals surface area contributed by atoms with Crippen molar-refractivity contribution in [3.63, 3.8) is 0 Å². The molecule has 2 rings (SSSR count). The van der Waals surface area contributed by atoms with E-state index in [1.165, 1.54) is 31.3 Å². The Hall–Kier alpha value is -0.540. The molecule has 3 heteroatoms. The lowest BCUT2D eigenvalue weighted by Crippen LogP contribution is -2.38. The number of hydrogen-bond donors (Lipinski definition) is 1. The summed E-state index contributed by atoms with van der Waals surface area (Å²) in [6.07, 6.45) is 8.56. The molecule has 1 atom stereocenters. The molecule has 2 aliphatic rings. The SMILES string of the molecule is CCOC1CC(CC(NC)C2=COCCC2)C1. The van der Waals surface area contributed by atoms with E-state index in [2.05, 4.69) is 19.3 Å². The van der Waals surface area contributed by atoms with Crippen LogP contribution in [0.15, 0.2) is 11.8 Å². The van der Waals surface area contributed by atoms with Crippen LogP contribution in [0.1, 0.15) is 39.0 Å². The molecule has 98 valence electrons. The van der Waals surface area contributed by atoms with Gasteiger partial charge < -0.3 is 14.8 Å². The van der Waals surface area contributed by atoms with Crippen molar-refractivity contribution in [3.8, 4) is 0 Å². The molecule has 1 fully saturated rings. The van der Waals surface area contributed by atoms with Crippen molar-refractivity contribution in [2.24, 2.45) is 5.92 Å². The van der Waals surface area contributed by atoms with Gasteiger partial charge in [0.2, 0.25) is 0 Å². The first-order valence-electron chi connectivity index (χ1n) is 6.92. The van der Waals surface area contributed by atoms with Crippen molar-refractivity contribution in [2.75, 3.05) is 20.3 Å². The predicted molar refractivity (Wildman–Crippen MR) is 68.9 cm³/mol. The van der Waals surface area contributed by atoms with Crippen molar-refractivity contribution in [1.82, 2.24) is 5.32 Å². The molecule has 0 aromatic carbocycles. The van der Waals surface area contributed by atoms with E-state index in [0.29, 0.717) is 12.1 Å². The van der Waals surface area contributed by atoms with Crippen molar-refractivity contribution in [1.29, 1.82) is 0 Å². The molecule has 0 bridgehead atoms. The van der Waals surface area contributed by atoms with Crippen LogP contribution in [0.4, 0.5) is 0 Å². The van der Waals surface area contributed by atoms with Gasteiger partial charge in [0, 0.05) is 12.6 Å². The molecule has 1 N–H and O–H groups in total. The zero-order valence-corrected chi connectivity index (χ0v) is 11.1. The highest BCUT2D eigenvalue weighted by Gasteiger charge is 2.32. The minimum absolute atomic E-state index is 0.503. The van der Waals surface area contributed by atoms with E-state index in [-0.39, 0.29) is 0 Å². The van der Waals surface area contributed by atoms with E-state index in [1.54, 1.807) is 0 Å². The lowest BCUT2D eigenvalue weighted by atomic mass is 9.77. The van der Waals surface area contributed by atoms with Crippen LogP contribution in [-0.2, 0) is 9.47 Å². The molecule has 1 aliphatic heterocycles. The fourth-order valence-electron chi connectivity index (χ4n) is 2.87. The van der Waals surface area contributed by atoms with Crippen molar-refractivity contribution >= 4 is 0 Å². The normalized spacial score (nSPS) is 30.1. The predicted octanol–water partition coefficient (Wildman–Crippen LogP) is 2.47. The van der Waals surface area contributed by atoms with E-state index in [9.17, 15) is 0 Å². The summed E-state index contributed by atoms with van der Waals surface area (Å²) >= 11 is 0. The van der Waals surface area contributed by atoms with E-state index in [1.807, 2.05) is 6.26 Å². The molecule has 0 saturated heterocycles. The fourth-order valence-corrected chi connectivity index (χ4v) is 2.87. The lowest BCUT2D eigenvalue weighted by molar-refractivity contribution is -0.0282. The van der Waals surface area contributed by atoms with E-state index in [0.717, 1.165) is 25.6 Å². The molecule has 0 spiro atoms. The maximum absolute atomic E-state index is 5.61. The topological polar surface area (TPSA) is 30.5 Å². The second-order valence-electron chi connectivity index (χ2n) is 5.16. The summed E-state index contributed by atoms with van der Waals surface area (Å²) in [5, 5.41) is 3.43. The fraction of sp³-hybridized carbons (Fsp3) is 0.857. The number of likely N-dealkylation sites (N-methyl/N-ethyl adjacent to an activating group) is 1. The molecule has 0 amide bonds. The first-order valence-corrected chi connectivity index (χ1v) is 6.92. The molecular weight excluding hydrogens is 214 g/mol. The largest absolute Gasteiger partial charge is 0.501 e. The third kappa shape index (κ3) is 3.46. The Kier molecular flexibility index (Phi) is 4.86. The highest BCUT2D eigenvalue weighted by Crippen LogP contribution is 2.35. The second-order valence-corrected chi connectivity index (χ2v) is 5.16. The molecule has 1 saturated carbocycles. The minimum atomic E-state index is 0.503. The van der Waals surface area contributed by atoms with Gasteiger partial charge in [-0.15, -0.1) is 0 Å². The van der Waals surface area contributed by atoms with Crippen LogP contribution in [0.3, 0.4) is 0 Å². The Morgan fingerprint density at radius 3 is 2.94 bits per heavy atom. The summed E-state index contributed by atoms with van der Waals surface area (Å²) < 4.78 is 11.0. The van der Waals surface area contributed by atoms with E-state index >= 15 is 0 Å². The van der Waals surface area contributed by atoms with Gasteiger partial charge in [0.25, 0.3) is 0 Å². The van der Waals surface area contributed by atoms with Crippen LogP contribution in [-0.4, -0.2) is 32.4 Å². The summed E-state index contributed by atoms with van der Waals surface area (Å²) in [4.78, 5) is 0. The van der Waals surface area contributed by atoms with Gasteiger partial charge in [-0.25, -0.2) is 0 Å². The lowest BCUT2D eigenvalue weighted by Gasteiger charge is -2.37. The number of ether oxygens (including phenoxy) is 2. The van der Waals surface area contributed by atoms with Crippen molar-refractivity contribution in [2.45, 2.75) is 51.2 Å². The highest BCUT2D eigenvalue weighted by atomic mass is 16.5. The first-order chi connectivity index (χ1) is 8.33. The van der Waals surface area contributed by atoms with Crippen LogP contribution in [0.2, 0.25) is 0 Å². The van der Waals surface area contributed by atoms with Gasteiger partial charge in [-0.05, 0) is 57.6 Å². The monoisotopic (exact) mass is 239 g/mol. The van der Waals surface area contributed by atoms with Gasteiger partial charge in [0.1, 0.15) is 0 Å². The summed E-state index contributed by atoms with van der Waals surface area (Å²) in [5.74, 6) is 0.826. The summed E-state index contributed by atoms with van der Waals surface area (Å²) in [6, 6.07) is 0.503. The molecule has 0 radical (unpaired) electrons. The third-order valence-corrected chi connectivity index (χ3v) is 3.92. The Morgan fingerprint density at radius 1 is 1.53 bits per heavy atom. The van der Waals surface area contributed by atoms with Gasteiger partial charge >= 0.3 is 0 Å². The zero-order valence-electron chi connectivity index (χ0n) is 11.1. The first kappa shape index (κ1) is 12.9. The van der Waals surface area contributed by atoms with Crippen LogP contribution < -0.4 is 5.32 Å². The van der Waals surface area contributed by atoms with Crippen LogP contribution in [0.25, 0.3) is 0 Å². The van der Waals surface area contributed by atoms with Gasteiger partial charge in [-0.3, -0.25) is 0 Å². The molecule has 1 aliphatic carbocycles. The Labute approximate surface area is 105 Å². The van der Waals surface area contributed by atoms with Crippen molar-refractivity contribution in [3.05, 3.63) is 11.8 Å². The van der Waals surface area contributed by atoms with Gasteiger partial charge in [0.15, 0.2) is 0 Å². The van der Waals surface area contributed by atoms with Crippen LogP contribution in [0.5, 0.6) is 0 Å². The second kappa shape index (κ2) is 6.41. The van der Waals surface area contributed by atoms with Crippen molar-refractivity contribution < 1.29 is 9.47 Å². The van der Waals surface area contributed by atoms with Gasteiger partial charge in [0.05, 0.1) is 19.0 Å². The van der Waals surface area contributed by atoms with Crippen LogP contribution >= 0.6 is 0 Å². The summed E-state index contributed by atoms with van der Waals surface area (Å²) in [6.45, 7) is 3.82. The zero-order chi connectivity index (χ0) is 12.1. The van der Waals surface area contributed by atoms with Gasteiger partial charge in [-0.2, -0.15) is 0 Å². The standard InChI is InChI=1S/C14H25NO2/c1-3-17-13-7-11(8-13)9-14(15-2)12-5-4-6-16-10-12/h10-11,13-15H,3-9H2,1-2H3. The molecule has 3 nitrogen and oxygen atoms in total. The highest BCUT2D eigenvalue weighted by molar-refractivity contribution is 5.10. The number of rotatable bonds is 6. The molecule has 1 unspecified atom stereocenters. The summed E-state index contributed by atoms with van der Waals surface area (Å²) in [7, 11) is 2.05. The average molecular weight is 239 g/mol. The van der Waals surface area contributed by atoms with Crippen LogP contribution in [0, 0.1) is 5.92 Å². The molecular formula is C14H25NO2. The Bertz CT molecular complexity index is 259. The molecule has 0 aromatic heterocycles. The number of nitrogens with one attached hydrogen (secondary N) is 1. The van der Waals surface area contributed by atoms with Gasteiger partial charge in [-0.1, -0.05) is 0 Å². The maximum atomic E-state index is 5.61. The average Bonchev–Trinajstić information content (AvgIpc) is 2.33. The molecule has 1 heterocycles. The molecule has 17 heavy (non-hydrogen) atoms. The number of hydrogen-bond acceptors (Lipinski definition) is 3. The maximum Gasteiger partial charge on any atom is 0.0876 e. The van der Waals surface area contributed by atoms with E-state index < -0.39 is 0 Å². The third-order valence-electron chi connectivity index (χ3n) is 3.92. The molecule has 0 aromatic rings. The Balaban J connectivity index is 1.75. The minimum Gasteiger partial charge on any atom is -0.501 e.